The quantitative estimate of drug-likeness (QED) is 0.802. The fourth-order valence-corrected chi connectivity index (χ4v) is 3.47. The summed E-state index contributed by atoms with van der Waals surface area (Å²) in [4.78, 5) is 0. The molecule has 0 bridgehead atoms. The number of aliphatic hydroxyl groups is 1. The molecule has 1 fully saturated rings. The second-order valence-corrected chi connectivity index (χ2v) is 7.26. The molecule has 2 heterocycles. The summed E-state index contributed by atoms with van der Waals surface area (Å²) < 4.78 is 16.4. The Balaban J connectivity index is 1.91. The molecule has 2 aromatic heterocycles. The maximum atomic E-state index is 14.5. The van der Waals surface area contributed by atoms with Crippen molar-refractivity contribution in [2.24, 2.45) is 0 Å². The number of pyridine rings is 1. The Morgan fingerprint density at radius 1 is 1.21 bits per heavy atom. The van der Waals surface area contributed by atoms with E-state index in [0.29, 0.717) is 16.8 Å². The van der Waals surface area contributed by atoms with Gasteiger partial charge in [-0.05, 0) is 51.3 Å². The zero-order valence-corrected chi connectivity index (χ0v) is 14.0. The molecule has 24 heavy (non-hydrogen) atoms. The van der Waals surface area contributed by atoms with E-state index in [9.17, 15) is 9.50 Å². The summed E-state index contributed by atoms with van der Waals surface area (Å²) in [5.41, 5.74) is 1.48. The van der Waals surface area contributed by atoms with Gasteiger partial charge in [0.05, 0.1) is 11.0 Å². The maximum absolute atomic E-state index is 14.5. The number of halogens is 1. The van der Waals surface area contributed by atoms with Crippen molar-refractivity contribution < 1.29 is 9.50 Å². The fraction of sp³-hybridized carbons (Fsp3) is 0.368. The van der Waals surface area contributed by atoms with E-state index < -0.39 is 11.0 Å². The third kappa shape index (κ3) is 2.15. The Morgan fingerprint density at radius 3 is 2.58 bits per heavy atom. The average Bonchev–Trinajstić information content (AvgIpc) is 3.17. The average molecular weight is 325 g/mol. The van der Waals surface area contributed by atoms with Crippen LogP contribution in [0.1, 0.15) is 49.2 Å². The van der Waals surface area contributed by atoms with Crippen molar-refractivity contribution in [2.45, 2.75) is 44.6 Å². The molecule has 4 rings (SSSR count). The summed E-state index contributed by atoms with van der Waals surface area (Å²) in [6, 6.07) is 9.08. The van der Waals surface area contributed by atoms with Crippen LogP contribution in [0.3, 0.4) is 0 Å². The van der Waals surface area contributed by atoms with Crippen LogP contribution in [0.5, 0.6) is 0 Å². The molecule has 0 amide bonds. The molecule has 1 saturated carbocycles. The van der Waals surface area contributed by atoms with E-state index in [1.165, 1.54) is 0 Å². The molecule has 1 N–H and O–H groups in total. The molecule has 5 heteroatoms. The van der Waals surface area contributed by atoms with Crippen molar-refractivity contribution in [1.29, 1.82) is 0 Å². The molecule has 0 saturated heterocycles. The molecule has 0 radical (unpaired) electrons. The molecule has 0 unspecified atom stereocenters. The Labute approximate surface area is 140 Å². The van der Waals surface area contributed by atoms with Crippen molar-refractivity contribution in [3.05, 3.63) is 64.9 Å². The van der Waals surface area contributed by atoms with Crippen molar-refractivity contribution >= 4 is 5.65 Å². The van der Waals surface area contributed by atoms with Crippen LogP contribution in [-0.2, 0) is 11.0 Å². The number of nitrogens with zero attached hydrogens (tertiary/aromatic N) is 3. The number of rotatable bonds is 3. The van der Waals surface area contributed by atoms with E-state index in [0.717, 1.165) is 24.2 Å². The van der Waals surface area contributed by atoms with Crippen LogP contribution in [0, 0.1) is 12.7 Å². The van der Waals surface area contributed by atoms with Gasteiger partial charge in [-0.25, -0.2) is 4.39 Å². The highest BCUT2D eigenvalue weighted by Crippen LogP contribution is 2.53. The van der Waals surface area contributed by atoms with Gasteiger partial charge in [0.1, 0.15) is 11.6 Å². The molecule has 0 spiro atoms. The Kier molecular flexibility index (Phi) is 3.09. The molecule has 124 valence electrons. The third-order valence-corrected chi connectivity index (χ3v) is 4.91. The molecular formula is C19H20FN3O. The first kappa shape index (κ1) is 15.3. The first-order chi connectivity index (χ1) is 11.3. The molecule has 0 atom stereocenters. The number of fused-ring (bicyclic) bond motifs is 1. The van der Waals surface area contributed by atoms with Gasteiger partial charge >= 0.3 is 0 Å². The molecule has 1 aromatic carbocycles. The van der Waals surface area contributed by atoms with Crippen molar-refractivity contribution in [1.82, 2.24) is 14.6 Å². The summed E-state index contributed by atoms with van der Waals surface area (Å²) in [5, 5.41) is 19.0. The van der Waals surface area contributed by atoms with E-state index in [1.807, 2.05) is 41.8 Å². The minimum atomic E-state index is -1.02. The van der Waals surface area contributed by atoms with Crippen molar-refractivity contribution in [3.8, 4) is 0 Å². The topological polar surface area (TPSA) is 50.4 Å². The van der Waals surface area contributed by atoms with Gasteiger partial charge in [-0.15, -0.1) is 10.2 Å². The lowest BCUT2D eigenvalue weighted by molar-refractivity contribution is 0.0796. The highest BCUT2D eigenvalue weighted by atomic mass is 19.1. The summed E-state index contributed by atoms with van der Waals surface area (Å²) in [6.07, 6.45) is 3.58. The van der Waals surface area contributed by atoms with Gasteiger partial charge in [0.25, 0.3) is 0 Å². The number of aryl methyl sites for hydroxylation is 1. The SMILES string of the molecule is Cc1ccc(C2(c3nnc4c(C(C)(C)O)cccn34)CC2)c(F)c1. The molecular weight excluding hydrogens is 305 g/mol. The predicted octanol–water partition coefficient (Wildman–Crippen LogP) is 3.48. The molecule has 4 nitrogen and oxygen atoms in total. The number of benzene rings is 1. The number of hydrogen-bond acceptors (Lipinski definition) is 3. The smallest absolute Gasteiger partial charge is 0.166 e. The highest BCUT2D eigenvalue weighted by Gasteiger charge is 2.51. The zero-order valence-electron chi connectivity index (χ0n) is 14.0. The van der Waals surface area contributed by atoms with Crippen molar-refractivity contribution in [2.75, 3.05) is 0 Å². The van der Waals surface area contributed by atoms with Crippen LogP contribution in [0.4, 0.5) is 4.39 Å². The lowest BCUT2D eigenvalue weighted by Crippen LogP contribution is -2.18. The zero-order chi connectivity index (χ0) is 17.1. The highest BCUT2D eigenvalue weighted by molar-refractivity contribution is 5.53. The molecule has 1 aliphatic carbocycles. The Bertz CT molecular complexity index is 935. The van der Waals surface area contributed by atoms with E-state index in [-0.39, 0.29) is 5.82 Å². The van der Waals surface area contributed by atoms with Crippen LogP contribution < -0.4 is 0 Å². The number of hydrogen-bond donors (Lipinski definition) is 1. The van der Waals surface area contributed by atoms with Gasteiger partial charge in [-0.1, -0.05) is 18.2 Å². The Hall–Kier alpha value is -2.27. The molecule has 0 aliphatic heterocycles. The van der Waals surface area contributed by atoms with Crippen LogP contribution in [0.2, 0.25) is 0 Å². The van der Waals surface area contributed by atoms with Crippen LogP contribution >= 0.6 is 0 Å². The third-order valence-electron chi connectivity index (χ3n) is 4.91. The van der Waals surface area contributed by atoms with E-state index >= 15 is 0 Å². The first-order valence-corrected chi connectivity index (χ1v) is 8.17. The van der Waals surface area contributed by atoms with Gasteiger partial charge in [0.2, 0.25) is 0 Å². The van der Waals surface area contributed by atoms with Crippen LogP contribution in [0.15, 0.2) is 36.5 Å². The lowest BCUT2D eigenvalue weighted by Gasteiger charge is -2.19. The Morgan fingerprint density at radius 2 is 1.96 bits per heavy atom. The minimum Gasteiger partial charge on any atom is -0.386 e. The van der Waals surface area contributed by atoms with Gasteiger partial charge in [-0.2, -0.15) is 0 Å². The lowest BCUT2D eigenvalue weighted by atomic mass is 9.93. The normalized spacial score (nSPS) is 16.5. The standard InChI is InChI=1S/C19H20FN3O/c1-12-6-7-13(15(20)11-12)19(8-9-19)17-22-21-16-14(18(2,3)24)5-4-10-23(16)17/h4-7,10-11,24H,8-9H2,1-3H3. The van der Waals surface area contributed by atoms with Gasteiger partial charge in [-0.3, -0.25) is 4.40 Å². The van der Waals surface area contributed by atoms with E-state index in [2.05, 4.69) is 10.2 Å². The first-order valence-electron chi connectivity index (χ1n) is 8.17. The minimum absolute atomic E-state index is 0.192. The second-order valence-electron chi connectivity index (χ2n) is 7.26. The van der Waals surface area contributed by atoms with E-state index in [1.54, 1.807) is 19.9 Å². The summed E-state index contributed by atoms with van der Waals surface area (Å²) in [7, 11) is 0. The molecule has 3 aromatic rings. The van der Waals surface area contributed by atoms with Gasteiger partial charge in [0.15, 0.2) is 5.65 Å². The largest absolute Gasteiger partial charge is 0.386 e. The van der Waals surface area contributed by atoms with Crippen LogP contribution in [-0.4, -0.2) is 19.7 Å². The maximum Gasteiger partial charge on any atom is 0.166 e. The second kappa shape index (κ2) is 4.86. The summed E-state index contributed by atoms with van der Waals surface area (Å²) >= 11 is 0. The molecule has 1 aliphatic rings. The van der Waals surface area contributed by atoms with Gasteiger partial charge in [0, 0.05) is 17.3 Å². The fourth-order valence-electron chi connectivity index (χ4n) is 3.47. The van der Waals surface area contributed by atoms with Crippen molar-refractivity contribution in [3.63, 3.8) is 0 Å². The van der Waals surface area contributed by atoms with E-state index in [4.69, 9.17) is 0 Å². The van der Waals surface area contributed by atoms with Gasteiger partial charge < -0.3 is 5.11 Å². The van der Waals surface area contributed by atoms with Crippen LogP contribution in [0.25, 0.3) is 5.65 Å². The summed E-state index contributed by atoms with van der Waals surface area (Å²) in [6.45, 7) is 5.33. The predicted molar refractivity (Wildman–Crippen MR) is 89.4 cm³/mol. The number of aromatic nitrogens is 3. The monoisotopic (exact) mass is 325 g/mol. The summed E-state index contributed by atoms with van der Waals surface area (Å²) in [5.74, 6) is 0.550.